The number of benzene rings is 2. The molecule has 2 amide bonds. The molecule has 0 saturated carbocycles. The fourth-order valence-corrected chi connectivity index (χ4v) is 4.42. The van der Waals surface area contributed by atoms with Crippen LogP contribution in [0.25, 0.3) is 0 Å². The fraction of sp³-hybridized carbons (Fsp3) is 0.417. The molecule has 0 heterocycles. The van der Waals surface area contributed by atoms with Gasteiger partial charge in [-0.25, -0.2) is 12.8 Å². The predicted octanol–water partition coefficient (Wildman–Crippen LogP) is 3.97. The van der Waals surface area contributed by atoms with E-state index in [-0.39, 0.29) is 24.2 Å². The molecular formula is C24H31ClFN3O4S. The monoisotopic (exact) mass is 511 g/mol. The van der Waals surface area contributed by atoms with Gasteiger partial charge in [-0.3, -0.25) is 13.9 Å². The number of rotatable bonds is 11. The lowest BCUT2D eigenvalue weighted by molar-refractivity contribution is -0.140. The van der Waals surface area contributed by atoms with E-state index in [1.165, 1.54) is 41.3 Å². The number of carbonyl (C=O) groups excluding carboxylic acids is 2. The van der Waals surface area contributed by atoms with Gasteiger partial charge in [-0.15, -0.1) is 0 Å². The van der Waals surface area contributed by atoms with Crippen molar-refractivity contribution < 1.29 is 22.4 Å². The minimum absolute atomic E-state index is 0.0126. The summed E-state index contributed by atoms with van der Waals surface area (Å²) in [4.78, 5) is 27.9. The van der Waals surface area contributed by atoms with Crippen LogP contribution in [-0.4, -0.2) is 50.0 Å². The van der Waals surface area contributed by atoms with Gasteiger partial charge in [0.15, 0.2) is 0 Å². The van der Waals surface area contributed by atoms with Crippen LogP contribution in [-0.2, 0) is 26.2 Å². The summed E-state index contributed by atoms with van der Waals surface area (Å²) in [7, 11) is -3.84. The Morgan fingerprint density at radius 3 is 2.26 bits per heavy atom. The SMILES string of the molecule is CC[C@H](C)NC(=O)[C@H](CC)N(Cc1ccc(F)cc1)C(=O)CN(c1cccc(Cl)c1)S(C)(=O)=O. The summed E-state index contributed by atoms with van der Waals surface area (Å²) in [5.74, 6) is -1.32. The zero-order chi connectivity index (χ0) is 25.5. The summed E-state index contributed by atoms with van der Waals surface area (Å²) < 4.78 is 39.5. The van der Waals surface area contributed by atoms with Crippen molar-refractivity contribution in [3.63, 3.8) is 0 Å². The smallest absolute Gasteiger partial charge is 0.244 e. The highest BCUT2D eigenvalue weighted by Gasteiger charge is 2.32. The highest BCUT2D eigenvalue weighted by atomic mass is 35.5. The molecule has 0 bridgehead atoms. The van der Waals surface area contributed by atoms with Crippen molar-refractivity contribution in [2.45, 2.75) is 52.2 Å². The topological polar surface area (TPSA) is 86.8 Å². The maximum Gasteiger partial charge on any atom is 0.244 e. The number of hydrogen-bond donors (Lipinski definition) is 1. The molecule has 1 N–H and O–H groups in total. The van der Waals surface area contributed by atoms with E-state index in [0.29, 0.717) is 23.4 Å². The summed E-state index contributed by atoms with van der Waals surface area (Å²) in [6.07, 6.45) is 2.02. The summed E-state index contributed by atoms with van der Waals surface area (Å²) in [5.41, 5.74) is 0.848. The fourth-order valence-electron chi connectivity index (χ4n) is 3.39. The van der Waals surface area contributed by atoms with Crippen molar-refractivity contribution in [2.75, 3.05) is 17.1 Å². The molecule has 7 nitrogen and oxygen atoms in total. The average molecular weight is 512 g/mol. The molecule has 0 radical (unpaired) electrons. The van der Waals surface area contributed by atoms with Crippen LogP contribution in [0.3, 0.4) is 0 Å². The van der Waals surface area contributed by atoms with Gasteiger partial charge in [-0.05, 0) is 55.7 Å². The van der Waals surface area contributed by atoms with Gasteiger partial charge in [0, 0.05) is 17.6 Å². The Balaban J connectivity index is 2.43. The zero-order valence-electron chi connectivity index (χ0n) is 19.8. The van der Waals surface area contributed by atoms with Crippen LogP contribution in [0.15, 0.2) is 48.5 Å². The largest absolute Gasteiger partial charge is 0.352 e. The average Bonchev–Trinajstić information content (AvgIpc) is 2.77. The van der Waals surface area contributed by atoms with Crippen molar-refractivity contribution in [3.8, 4) is 0 Å². The van der Waals surface area contributed by atoms with E-state index in [4.69, 9.17) is 11.6 Å². The molecule has 0 saturated heterocycles. The van der Waals surface area contributed by atoms with E-state index in [0.717, 1.165) is 10.6 Å². The maximum atomic E-state index is 13.5. The lowest BCUT2D eigenvalue weighted by Crippen LogP contribution is -2.53. The first kappa shape index (κ1) is 27.6. The van der Waals surface area contributed by atoms with Crippen molar-refractivity contribution in [1.82, 2.24) is 10.2 Å². The van der Waals surface area contributed by atoms with Crippen molar-refractivity contribution >= 4 is 39.1 Å². The van der Waals surface area contributed by atoms with Gasteiger partial charge >= 0.3 is 0 Å². The van der Waals surface area contributed by atoms with Gasteiger partial charge in [0.1, 0.15) is 18.4 Å². The predicted molar refractivity (Wildman–Crippen MR) is 133 cm³/mol. The van der Waals surface area contributed by atoms with E-state index in [9.17, 15) is 22.4 Å². The molecule has 0 aromatic heterocycles. The second kappa shape index (κ2) is 12.2. The van der Waals surface area contributed by atoms with Gasteiger partial charge in [-0.2, -0.15) is 0 Å². The van der Waals surface area contributed by atoms with Gasteiger partial charge in [0.05, 0.1) is 11.9 Å². The Labute approximate surface area is 205 Å². The van der Waals surface area contributed by atoms with Crippen molar-refractivity contribution in [2.24, 2.45) is 0 Å². The summed E-state index contributed by atoms with van der Waals surface area (Å²) in [6.45, 7) is 5.06. The van der Waals surface area contributed by atoms with Gasteiger partial charge in [0.2, 0.25) is 21.8 Å². The third-order valence-electron chi connectivity index (χ3n) is 5.43. The molecule has 0 aliphatic heterocycles. The van der Waals surface area contributed by atoms with Crippen LogP contribution in [0.5, 0.6) is 0 Å². The number of sulfonamides is 1. The van der Waals surface area contributed by atoms with E-state index in [2.05, 4.69) is 5.32 Å². The maximum absolute atomic E-state index is 13.5. The molecule has 2 aromatic rings. The standard InChI is InChI=1S/C24H31ClFN3O4S/c1-5-17(3)27-24(31)22(6-2)28(15-18-10-12-20(26)13-11-18)23(30)16-29(34(4,32)33)21-9-7-8-19(25)14-21/h7-14,17,22H,5-6,15-16H2,1-4H3,(H,27,31)/t17-,22-/m0/s1. The highest BCUT2D eigenvalue weighted by molar-refractivity contribution is 7.92. The van der Waals surface area contributed by atoms with Crippen LogP contribution in [0.1, 0.15) is 39.2 Å². The number of nitrogens with one attached hydrogen (secondary N) is 1. The molecule has 10 heteroatoms. The third kappa shape index (κ3) is 7.70. The van der Waals surface area contributed by atoms with Crippen LogP contribution < -0.4 is 9.62 Å². The molecule has 2 aromatic carbocycles. The zero-order valence-corrected chi connectivity index (χ0v) is 21.4. The molecule has 2 atom stereocenters. The lowest BCUT2D eigenvalue weighted by atomic mass is 10.1. The van der Waals surface area contributed by atoms with E-state index in [1.54, 1.807) is 19.1 Å². The van der Waals surface area contributed by atoms with Gasteiger partial charge in [0.25, 0.3) is 0 Å². The normalized spacial score (nSPS) is 13.1. The number of amides is 2. The van der Waals surface area contributed by atoms with Gasteiger partial charge < -0.3 is 10.2 Å². The minimum atomic E-state index is -3.84. The third-order valence-corrected chi connectivity index (χ3v) is 6.80. The Morgan fingerprint density at radius 1 is 1.09 bits per heavy atom. The molecule has 0 aliphatic carbocycles. The van der Waals surface area contributed by atoms with E-state index in [1.807, 2.05) is 13.8 Å². The number of anilines is 1. The molecule has 0 unspecified atom stereocenters. The number of carbonyl (C=O) groups is 2. The summed E-state index contributed by atoms with van der Waals surface area (Å²) in [5, 5.41) is 3.21. The lowest BCUT2D eigenvalue weighted by Gasteiger charge is -2.33. The number of nitrogens with zero attached hydrogens (tertiary/aromatic N) is 2. The van der Waals surface area contributed by atoms with E-state index < -0.39 is 34.3 Å². The number of halogens is 2. The Hall–Kier alpha value is -2.65. The first-order chi connectivity index (χ1) is 16.0. The number of hydrogen-bond acceptors (Lipinski definition) is 4. The molecule has 0 fully saturated rings. The molecule has 34 heavy (non-hydrogen) atoms. The highest BCUT2D eigenvalue weighted by Crippen LogP contribution is 2.23. The Morgan fingerprint density at radius 2 is 1.74 bits per heavy atom. The quantitative estimate of drug-likeness (QED) is 0.494. The van der Waals surface area contributed by atoms with Gasteiger partial charge in [-0.1, -0.05) is 43.6 Å². The molecule has 186 valence electrons. The molecule has 0 spiro atoms. The Kier molecular flexibility index (Phi) is 9.88. The molecule has 2 rings (SSSR count). The Bertz CT molecular complexity index is 1100. The summed E-state index contributed by atoms with van der Waals surface area (Å²) >= 11 is 6.03. The van der Waals surface area contributed by atoms with Crippen LogP contribution in [0.2, 0.25) is 5.02 Å². The van der Waals surface area contributed by atoms with E-state index >= 15 is 0 Å². The molecular weight excluding hydrogens is 481 g/mol. The van der Waals surface area contributed by atoms with Crippen LogP contribution >= 0.6 is 11.6 Å². The van der Waals surface area contributed by atoms with Crippen molar-refractivity contribution in [1.29, 1.82) is 0 Å². The second-order valence-corrected chi connectivity index (χ2v) is 10.5. The second-order valence-electron chi connectivity index (χ2n) is 8.14. The van der Waals surface area contributed by atoms with Crippen LogP contribution in [0.4, 0.5) is 10.1 Å². The summed E-state index contributed by atoms with van der Waals surface area (Å²) in [6, 6.07) is 10.8. The first-order valence-corrected chi connectivity index (χ1v) is 13.3. The molecule has 0 aliphatic rings. The van der Waals surface area contributed by atoms with Crippen molar-refractivity contribution in [3.05, 3.63) is 64.9 Å². The van der Waals surface area contributed by atoms with Crippen LogP contribution in [0, 0.1) is 5.82 Å². The first-order valence-electron chi connectivity index (χ1n) is 11.0. The minimum Gasteiger partial charge on any atom is -0.352 e.